The molecule has 13 heteroatoms. The second-order valence-electron chi connectivity index (χ2n) is 11.7. The fraction of sp³-hybridized carbons (Fsp3) is 0.406. The van der Waals surface area contributed by atoms with E-state index in [4.69, 9.17) is 4.74 Å². The van der Waals surface area contributed by atoms with Crippen molar-refractivity contribution >= 4 is 28.0 Å². The number of hydrogen-bond donors (Lipinski definition) is 2. The van der Waals surface area contributed by atoms with Crippen molar-refractivity contribution in [2.75, 3.05) is 30.8 Å². The highest BCUT2D eigenvalue weighted by molar-refractivity contribution is 5.85. The summed E-state index contributed by atoms with van der Waals surface area (Å²) in [4.78, 5) is 32.5. The molecule has 4 heterocycles. The maximum Gasteiger partial charge on any atom is 0.416 e. The summed E-state index contributed by atoms with van der Waals surface area (Å²) in [7, 11) is 1.53. The van der Waals surface area contributed by atoms with Crippen molar-refractivity contribution in [1.82, 2.24) is 9.88 Å². The SMILES string of the molecule is CCC1CN2CCC1C[C@@H]2[C@@H](Nc1c(Nc2cc(C(F)(F)F)cc(C(F)(F)F)c2)c(=O)c1=O)c1ccnc2ccc(OC)cc12. The van der Waals surface area contributed by atoms with Crippen LogP contribution in [0.4, 0.5) is 43.4 Å². The van der Waals surface area contributed by atoms with Crippen LogP contribution >= 0.6 is 0 Å². The molecule has 5 atom stereocenters. The number of benzene rings is 2. The van der Waals surface area contributed by atoms with E-state index in [0.29, 0.717) is 35.2 Å². The third kappa shape index (κ3) is 5.73. The number of pyridine rings is 1. The molecule has 45 heavy (non-hydrogen) atoms. The molecule has 3 aliphatic rings. The lowest BCUT2D eigenvalue weighted by atomic mass is 9.72. The zero-order valence-electron chi connectivity index (χ0n) is 24.4. The molecule has 3 aliphatic heterocycles. The first-order valence-corrected chi connectivity index (χ1v) is 14.6. The molecule has 3 saturated heterocycles. The van der Waals surface area contributed by atoms with Crippen LogP contribution in [0.5, 0.6) is 5.75 Å². The van der Waals surface area contributed by atoms with Gasteiger partial charge in [0.05, 0.1) is 29.8 Å². The van der Waals surface area contributed by atoms with Gasteiger partial charge in [0.25, 0.3) is 10.9 Å². The Labute approximate surface area is 253 Å². The highest BCUT2D eigenvalue weighted by Crippen LogP contribution is 2.45. The van der Waals surface area contributed by atoms with Crippen molar-refractivity contribution in [3.63, 3.8) is 0 Å². The van der Waals surface area contributed by atoms with Gasteiger partial charge in [-0.2, -0.15) is 26.3 Å². The summed E-state index contributed by atoms with van der Waals surface area (Å²) in [5.41, 5.74) is -4.82. The van der Waals surface area contributed by atoms with Gasteiger partial charge in [-0.25, -0.2) is 0 Å². The van der Waals surface area contributed by atoms with Gasteiger partial charge in [0.2, 0.25) is 0 Å². The number of alkyl halides is 6. The Kier molecular flexibility index (Phi) is 7.78. The minimum Gasteiger partial charge on any atom is -0.497 e. The highest BCUT2D eigenvalue weighted by Gasteiger charge is 2.44. The molecular formula is C32H30F6N4O3. The van der Waals surface area contributed by atoms with Gasteiger partial charge in [0.1, 0.15) is 17.1 Å². The third-order valence-corrected chi connectivity index (χ3v) is 9.23. The van der Waals surface area contributed by atoms with Gasteiger partial charge in [0.15, 0.2) is 0 Å². The van der Waals surface area contributed by atoms with Crippen LogP contribution in [0.1, 0.15) is 48.9 Å². The third-order valence-electron chi connectivity index (χ3n) is 9.23. The van der Waals surface area contributed by atoms with Crippen LogP contribution in [0.15, 0.2) is 58.3 Å². The molecule has 238 valence electrons. The monoisotopic (exact) mass is 632 g/mol. The normalized spacial score (nSPS) is 22.5. The largest absolute Gasteiger partial charge is 0.497 e. The van der Waals surface area contributed by atoms with Crippen LogP contribution in [0.2, 0.25) is 0 Å². The summed E-state index contributed by atoms with van der Waals surface area (Å²) < 4.78 is 86.4. The minimum absolute atomic E-state index is 0.00144. The molecule has 2 N–H and O–H groups in total. The molecule has 0 saturated carbocycles. The summed E-state index contributed by atoms with van der Waals surface area (Å²) in [6.07, 6.45) is -5.68. The number of fused-ring (bicyclic) bond motifs is 4. The van der Waals surface area contributed by atoms with Gasteiger partial charge in [-0.1, -0.05) is 13.3 Å². The zero-order chi connectivity index (χ0) is 32.3. The number of ether oxygens (including phenoxy) is 1. The Balaban J connectivity index is 1.42. The summed E-state index contributed by atoms with van der Waals surface area (Å²) in [5, 5.41) is 6.36. The predicted molar refractivity (Wildman–Crippen MR) is 158 cm³/mol. The van der Waals surface area contributed by atoms with Crippen LogP contribution in [-0.4, -0.2) is 36.1 Å². The van der Waals surface area contributed by atoms with E-state index in [1.165, 1.54) is 7.11 Å². The van der Waals surface area contributed by atoms with Crippen molar-refractivity contribution < 1.29 is 31.1 Å². The average Bonchev–Trinajstić information content (AvgIpc) is 3.03. The quantitative estimate of drug-likeness (QED) is 0.162. The number of aromatic nitrogens is 1. The van der Waals surface area contributed by atoms with E-state index in [-0.39, 0.29) is 17.8 Å². The van der Waals surface area contributed by atoms with Crippen molar-refractivity contribution in [2.45, 2.75) is 50.6 Å². The Bertz CT molecular complexity index is 1780. The van der Waals surface area contributed by atoms with Gasteiger partial charge in [-0.3, -0.25) is 19.5 Å². The Morgan fingerprint density at radius 3 is 2.27 bits per heavy atom. The summed E-state index contributed by atoms with van der Waals surface area (Å²) in [6.45, 7) is 3.83. The summed E-state index contributed by atoms with van der Waals surface area (Å²) in [6, 6.07) is 7.46. The van der Waals surface area contributed by atoms with Crippen LogP contribution in [0.3, 0.4) is 0 Å². The van der Waals surface area contributed by atoms with E-state index in [1.54, 1.807) is 24.4 Å². The molecule has 7 rings (SSSR count). The number of hydrogen-bond acceptors (Lipinski definition) is 7. The van der Waals surface area contributed by atoms with Crippen molar-refractivity contribution in [3.8, 4) is 5.75 Å². The van der Waals surface area contributed by atoms with Gasteiger partial charge in [-0.15, -0.1) is 0 Å². The minimum atomic E-state index is -5.08. The lowest BCUT2D eigenvalue weighted by Gasteiger charge is -2.52. The second-order valence-corrected chi connectivity index (χ2v) is 11.7. The van der Waals surface area contributed by atoms with Gasteiger partial charge in [-0.05, 0) is 79.3 Å². The average molecular weight is 633 g/mol. The predicted octanol–water partition coefficient (Wildman–Crippen LogP) is 6.89. The number of nitrogens with one attached hydrogen (secondary N) is 2. The molecule has 3 fully saturated rings. The number of methoxy groups -OCH3 is 1. The summed E-state index contributed by atoms with van der Waals surface area (Å²) in [5.74, 6) is 1.53. The molecular weight excluding hydrogens is 602 g/mol. The Hall–Kier alpha value is -4.13. The zero-order valence-corrected chi connectivity index (χ0v) is 24.4. The molecule has 0 spiro atoms. The maximum atomic E-state index is 13.5. The van der Waals surface area contributed by atoms with Gasteiger partial charge < -0.3 is 15.4 Å². The van der Waals surface area contributed by atoms with Crippen LogP contribution in [-0.2, 0) is 12.4 Å². The molecule has 2 bridgehead atoms. The van der Waals surface area contributed by atoms with Crippen molar-refractivity contribution in [3.05, 3.63) is 85.8 Å². The first-order chi connectivity index (χ1) is 21.3. The van der Waals surface area contributed by atoms with E-state index >= 15 is 0 Å². The fourth-order valence-corrected chi connectivity index (χ4v) is 6.89. The van der Waals surface area contributed by atoms with Crippen LogP contribution in [0.25, 0.3) is 10.9 Å². The topological polar surface area (TPSA) is 83.6 Å². The Morgan fingerprint density at radius 1 is 0.978 bits per heavy atom. The molecule has 7 nitrogen and oxygen atoms in total. The van der Waals surface area contributed by atoms with E-state index in [9.17, 15) is 35.9 Å². The molecule has 3 unspecified atom stereocenters. The number of anilines is 3. The fourth-order valence-electron chi connectivity index (χ4n) is 6.89. The summed E-state index contributed by atoms with van der Waals surface area (Å²) >= 11 is 0. The van der Waals surface area contributed by atoms with Gasteiger partial charge in [0, 0.05) is 29.9 Å². The van der Waals surface area contributed by atoms with Crippen molar-refractivity contribution in [2.24, 2.45) is 11.8 Å². The Morgan fingerprint density at radius 2 is 1.67 bits per heavy atom. The second kappa shape index (κ2) is 11.3. The van der Waals surface area contributed by atoms with E-state index in [0.717, 1.165) is 43.3 Å². The van der Waals surface area contributed by atoms with E-state index in [2.05, 4.69) is 27.4 Å². The smallest absolute Gasteiger partial charge is 0.416 e. The number of halogens is 6. The number of piperidine rings is 3. The lowest BCUT2D eigenvalue weighted by Crippen LogP contribution is -2.56. The first kappa shape index (κ1) is 30.9. The lowest BCUT2D eigenvalue weighted by molar-refractivity contribution is -0.143. The number of nitrogens with zero attached hydrogens (tertiary/aromatic N) is 2. The molecule has 3 aromatic carbocycles. The van der Waals surface area contributed by atoms with Gasteiger partial charge >= 0.3 is 12.4 Å². The van der Waals surface area contributed by atoms with Crippen LogP contribution < -0.4 is 26.2 Å². The van der Waals surface area contributed by atoms with E-state index in [1.807, 2.05) is 6.07 Å². The standard InChI is InChI=1S/C32H30F6N4O3/c1-3-16-15-42-9-7-17(16)10-25(42)26(22-6-8-39-24-5-4-21(45-2)14-23(22)24)41-28-27(29(43)30(28)44)40-20-12-18(31(33,34)35)11-19(13-20)32(36,37)38/h4-6,8,11-14,16-17,25-26,40-41H,3,7,9-10,15H2,1-2H3/t16?,17?,25-,26+/m1/s1. The maximum absolute atomic E-state index is 13.5. The highest BCUT2D eigenvalue weighted by atomic mass is 19.4. The molecule has 1 aromatic heterocycles. The molecule has 0 radical (unpaired) electrons. The molecule has 4 aromatic rings. The van der Waals surface area contributed by atoms with E-state index < -0.39 is 51.8 Å². The molecule has 0 amide bonds. The number of rotatable bonds is 8. The molecule has 0 aliphatic carbocycles. The van der Waals surface area contributed by atoms with Crippen molar-refractivity contribution in [1.29, 1.82) is 0 Å². The van der Waals surface area contributed by atoms with Crippen LogP contribution in [0, 0.1) is 11.8 Å². The first-order valence-electron chi connectivity index (χ1n) is 14.6.